The van der Waals surface area contributed by atoms with Crippen LogP contribution in [0.4, 0.5) is 0 Å². The van der Waals surface area contributed by atoms with Crippen molar-refractivity contribution in [2.24, 2.45) is 0 Å². The third kappa shape index (κ3) is 1.24. The summed E-state index contributed by atoms with van der Waals surface area (Å²) in [5, 5.41) is 0.703. The van der Waals surface area contributed by atoms with Gasteiger partial charge in [-0.2, -0.15) is 4.37 Å². The number of hydrogen-bond donors (Lipinski definition) is 0. The third-order valence-electron chi connectivity index (χ3n) is 2.24. The zero-order chi connectivity index (χ0) is 11.0. The number of aromatic nitrogens is 4. The molecule has 0 unspecified atom stereocenters. The molecule has 0 radical (unpaired) electrons. The summed E-state index contributed by atoms with van der Waals surface area (Å²) in [5.41, 5.74) is 1.20. The Morgan fingerprint density at radius 2 is 2.31 bits per heavy atom. The quantitative estimate of drug-likeness (QED) is 0.628. The van der Waals surface area contributed by atoms with E-state index in [1.54, 1.807) is 0 Å². The van der Waals surface area contributed by atoms with Gasteiger partial charge in [-0.25, -0.2) is 9.97 Å². The Morgan fingerprint density at radius 3 is 3.06 bits per heavy atom. The highest BCUT2D eigenvalue weighted by Crippen LogP contribution is 2.22. The summed E-state index contributed by atoms with van der Waals surface area (Å²) in [5.74, 6) is 0.653. The normalized spacial score (nSPS) is 10.8. The molecule has 0 aliphatic rings. The van der Waals surface area contributed by atoms with Crippen LogP contribution >= 0.6 is 11.5 Å². The Bertz CT molecular complexity index is 644. The van der Waals surface area contributed by atoms with Crippen LogP contribution in [0.5, 0.6) is 0 Å². The van der Waals surface area contributed by atoms with Crippen molar-refractivity contribution < 1.29 is 4.79 Å². The minimum absolute atomic E-state index is 0.422. The fourth-order valence-electron chi connectivity index (χ4n) is 1.57. The molecular weight excluding hydrogens is 224 g/mol. The van der Waals surface area contributed by atoms with Crippen LogP contribution in [0.1, 0.15) is 10.5 Å². The molecule has 0 amide bonds. The molecule has 3 aromatic rings. The van der Waals surface area contributed by atoms with Crippen LogP contribution in [-0.2, 0) is 0 Å². The molecule has 0 N–H and O–H groups in total. The monoisotopic (exact) mass is 230 g/mol. The zero-order valence-electron chi connectivity index (χ0n) is 8.07. The first-order valence-corrected chi connectivity index (χ1v) is 5.37. The number of hydrogen-bond acceptors (Lipinski definition) is 5. The SMILES string of the molecule is O=Cc1nc(-c2ncns2)n2ccccc12. The lowest BCUT2D eigenvalue weighted by Gasteiger charge is -1.95. The lowest BCUT2D eigenvalue weighted by molar-refractivity contribution is 0.112. The molecule has 0 fully saturated rings. The number of pyridine rings is 1. The molecule has 78 valence electrons. The highest BCUT2D eigenvalue weighted by Gasteiger charge is 2.13. The summed E-state index contributed by atoms with van der Waals surface area (Å²) in [6, 6.07) is 5.60. The predicted octanol–water partition coefficient (Wildman–Crippen LogP) is 1.67. The molecule has 0 atom stereocenters. The molecule has 6 heteroatoms. The molecule has 0 aliphatic heterocycles. The van der Waals surface area contributed by atoms with E-state index < -0.39 is 0 Å². The van der Waals surface area contributed by atoms with E-state index in [0.29, 0.717) is 16.5 Å². The van der Waals surface area contributed by atoms with Crippen LogP contribution in [0.3, 0.4) is 0 Å². The summed E-state index contributed by atoms with van der Waals surface area (Å²) < 4.78 is 5.77. The second-order valence-electron chi connectivity index (χ2n) is 3.14. The van der Waals surface area contributed by atoms with Gasteiger partial charge in [-0.1, -0.05) is 6.07 Å². The Morgan fingerprint density at radius 1 is 1.38 bits per heavy atom. The van der Waals surface area contributed by atoms with E-state index in [-0.39, 0.29) is 0 Å². The number of aldehydes is 1. The summed E-state index contributed by atoms with van der Waals surface area (Å²) in [7, 11) is 0. The largest absolute Gasteiger partial charge is 0.297 e. The standard InChI is InChI=1S/C10H6N4OS/c15-5-7-8-3-1-2-4-14(8)9(13-7)10-11-6-12-16-10/h1-6H. The molecule has 0 bridgehead atoms. The van der Waals surface area contributed by atoms with Crippen molar-refractivity contribution in [3.05, 3.63) is 36.4 Å². The summed E-state index contributed by atoms with van der Waals surface area (Å²) in [6.07, 6.45) is 4.08. The number of imidazole rings is 1. The Labute approximate surface area is 94.6 Å². The van der Waals surface area contributed by atoms with E-state index in [0.717, 1.165) is 11.8 Å². The molecular formula is C10H6N4OS. The molecule has 3 rings (SSSR count). The summed E-state index contributed by atoms with van der Waals surface area (Å²) >= 11 is 1.25. The van der Waals surface area contributed by atoms with Gasteiger partial charge in [0.1, 0.15) is 12.0 Å². The number of carbonyl (C=O) groups excluding carboxylic acids is 1. The minimum atomic E-state index is 0.422. The topological polar surface area (TPSA) is 60.2 Å². The van der Waals surface area contributed by atoms with Crippen molar-refractivity contribution in [2.45, 2.75) is 0 Å². The van der Waals surface area contributed by atoms with Crippen LogP contribution in [0.2, 0.25) is 0 Å². The maximum absolute atomic E-state index is 10.9. The van der Waals surface area contributed by atoms with Crippen molar-refractivity contribution in [3.63, 3.8) is 0 Å². The smallest absolute Gasteiger partial charge is 0.179 e. The van der Waals surface area contributed by atoms with Crippen molar-refractivity contribution in [1.82, 2.24) is 18.7 Å². The molecule has 3 heterocycles. The van der Waals surface area contributed by atoms with Crippen molar-refractivity contribution in [2.75, 3.05) is 0 Å². The molecule has 16 heavy (non-hydrogen) atoms. The summed E-state index contributed by atoms with van der Waals surface area (Å²) in [6.45, 7) is 0. The number of carbonyl (C=O) groups is 1. The first-order valence-electron chi connectivity index (χ1n) is 4.59. The second kappa shape index (κ2) is 3.49. The number of nitrogens with zero attached hydrogens (tertiary/aromatic N) is 4. The van der Waals surface area contributed by atoms with Gasteiger partial charge in [-0.3, -0.25) is 9.20 Å². The van der Waals surface area contributed by atoms with Crippen LogP contribution < -0.4 is 0 Å². The lowest BCUT2D eigenvalue weighted by atomic mass is 10.3. The molecule has 5 nitrogen and oxygen atoms in total. The lowest BCUT2D eigenvalue weighted by Crippen LogP contribution is -1.86. The van der Waals surface area contributed by atoms with Gasteiger partial charge in [0.05, 0.1) is 5.52 Å². The van der Waals surface area contributed by atoms with Crippen LogP contribution in [0.15, 0.2) is 30.7 Å². The van der Waals surface area contributed by atoms with E-state index in [1.165, 1.54) is 17.9 Å². The maximum atomic E-state index is 10.9. The van der Waals surface area contributed by atoms with Gasteiger partial charge < -0.3 is 0 Å². The molecule has 0 spiro atoms. The first kappa shape index (κ1) is 9.17. The van der Waals surface area contributed by atoms with E-state index >= 15 is 0 Å². The van der Waals surface area contributed by atoms with Gasteiger partial charge in [-0.05, 0) is 23.7 Å². The van der Waals surface area contributed by atoms with E-state index in [1.807, 2.05) is 28.8 Å². The van der Waals surface area contributed by atoms with Crippen molar-refractivity contribution in [1.29, 1.82) is 0 Å². The van der Waals surface area contributed by atoms with Gasteiger partial charge in [0.2, 0.25) is 0 Å². The van der Waals surface area contributed by atoms with Gasteiger partial charge in [0.15, 0.2) is 17.1 Å². The Balaban J connectivity index is 2.37. The fourth-order valence-corrected chi connectivity index (χ4v) is 2.09. The van der Waals surface area contributed by atoms with Crippen molar-refractivity contribution in [3.8, 4) is 10.8 Å². The second-order valence-corrected chi connectivity index (χ2v) is 3.92. The zero-order valence-corrected chi connectivity index (χ0v) is 8.89. The highest BCUT2D eigenvalue weighted by atomic mass is 32.1. The van der Waals surface area contributed by atoms with E-state index in [4.69, 9.17) is 0 Å². The molecule has 0 aliphatic carbocycles. The maximum Gasteiger partial charge on any atom is 0.179 e. The molecule has 0 aromatic carbocycles. The third-order valence-corrected chi connectivity index (χ3v) is 2.90. The summed E-state index contributed by atoms with van der Waals surface area (Å²) in [4.78, 5) is 19.2. The first-order chi connectivity index (χ1) is 7.90. The number of rotatable bonds is 2. The molecule has 0 saturated heterocycles. The van der Waals surface area contributed by atoms with Gasteiger partial charge >= 0.3 is 0 Å². The predicted molar refractivity (Wildman–Crippen MR) is 59.5 cm³/mol. The van der Waals surface area contributed by atoms with E-state index in [9.17, 15) is 4.79 Å². The van der Waals surface area contributed by atoms with Crippen LogP contribution in [0, 0.1) is 0 Å². The van der Waals surface area contributed by atoms with Crippen LogP contribution in [-0.4, -0.2) is 25.0 Å². The van der Waals surface area contributed by atoms with E-state index in [2.05, 4.69) is 14.3 Å². The van der Waals surface area contributed by atoms with Crippen molar-refractivity contribution >= 4 is 23.3 Å². The Hall–Kier alpha value is -2.08. The van der Waals surface area contributed by atoms with Gasteiger partial charge in [0.25, 0.3) is 0 Å². The average molecular weight is 230 g/mol. The fraction of sp³-hybridized carbons (Fsp3) is 0. The number of fused-ring (bicyclic) bond motifs is 1. The highest BCUT2D eigenvalue weighted by molar-refractivity contribution is 7.08. The Kier molecular flexibility index (Phi) is 2.00. The molecule has 0 saturated carbocycles. The minimum Gasteiger partial charge on any atom is -0.297 e. The van der Waals surface area contributed by atoms with Crippen LogP contribution in [0.25, 0.3) is 16.3 Å². The van der Waals surface area contributed by atoms with Gasteiger partial charge in [0, 0.05) is 6.20 Å². The van der Waals surface area contributed by atoms with Gasteiger partial charge in [-0.15, -0.1) is 0 Å². The average Bonchev–Trinajstić information content (AvgIpc) is 2.95. The molecule has 3 aromatic heterocycles.